The summed E-state index contributed by atoms with van der Waals surface area (Å²) in [4.78, 5) is 10.8. The van der Waals surface area contributed by atoms with Crippen LogP contribution in [0.15, 0.2) is 12.3 Å². The predicted octanol–water partition coefficient (Wildman–Crippen LogP) is 1.90. The summed E-state index contributed by atoms with van der Waals surface area (Å²) in [7, 11) is 0. The molecule has 1 aromatic rings. The average Bonchev–Trinajstić information content (AvgIpc) is 2.40. The second-order valence-corrected chi connectivity index (χ2v) is 4.16. The van der Waals surface area contributed by atoms with Gasteiger partial charge >= 0.3 is 0 Å². The van der Waals surface area contributed by atoms with Crippen LogP contribution in [0.5, 0.6) is 0 Å². The lowest BCUT2D eigenvalue weighted by molar-refractivity contribution is 0.295. The van der Waals surface area contributed by atoms with Gasteiger partial charge in [0.05, 0.1) is 6.61 Å². The summed E-state index contributed by atoms with van der Waals surface area (Å²) in [6.07, 6.45) is 3.83. The van der Waals surface area contributed by atoms with Crippen molar-refractivity contribution in [1.29, 1.82) is 0 Å². The van der Waals surface area contributed by atoms with Crippen molar-refractivity contribution >= 4 is 11.8 Å². The molecule has 0 fully saturated rings. The van der Waals surface area contributed by atoms with E-state index in [4.69, 9.17) is 0 Å². The summed E-state index contributed by atoms with van der Waals surface area (Å²) in [5.41, 5.74) is 0. The van der Waals surface area contributed by atoms with Gasteiger partial charge in [0.25, 0.3) is 0 Å². The molecule has 0 atom stereocenters. The first-order chi connectivity index (χ1) is 8.76. The molecule has 0 amide bonds. The third-order valence-electron chi connectivity index (χ3n) is 2.99. The molecule has 5 heteroatoms. The van der Waals surface area contributed by atoms with Crippen molar-refractivity contribution < 1.29 is 5.11 Å². The van der Waals surface area contributed by atoms with Crippen LogP contribution in [0.4, 0.5) is 11.8 Å². The van der Waals surface area contributed by atoms with E-state index in [1.54, 1.807) is 6.20 Å². The van der Waals surface area contributed by atoms with E-state index in [1.165, 1.54) is 0 Å². The van der Waals surface area contributed by atoms with Crippen molar-refractivity contribution in [1.82, 2.24) is 9.97 Å². The number of aliphatic hydroxyl groups excluding tert-OH is 1. The summed E-state index contributed by atoms with van der Waals surface area (Å²) >= 11 is 0. The molecule has 18 heavy (non-hydrogen) atoms. The molecule has 0 saturated carbocycles. The first-order valence-corrected chi connectivity index (χ1v) is 6.71. The topological polar surface area (TPSA) is 61.3 Å². The van der Waals surface area contributed by atoms with Crippen molar-refractivity contribution in [2.75, 3.05) is 29.9 Å². The number of hydrogen-bond acceptors (Lipinski definition) is 5. The van der Waals surface area contributed by atoms with Crippen LogP contribution >= 0.6 is 0 Å². The van der Waals surface area contributed by atoms with E-state index >= 15 is 0 Å². The molecule has 5 nitrogen and oxygen atoms in total. The Hall–Kier alpha value is -1.36. The summed E-state index contributed by atoms with van der Waals surface area (Å²) in [5, 5.41) is 12.3. The molecule has 0 bridgehead atoms. The average molecular weight is 252 g/mol. The van der Waals surface area contributed by atoms with Gasteiger partial charge in [-0.3, -0.25) is 0 Å². The Bertz CT molecular complexity index is 342. The van der Waals surface area contributed by atoms with Crippen LogP contribution in [0.3, 0.4) is 0 Å². The van der Waals surface area contributed by atoms with Crippen molar-refractivity contribution in [2.24, 2.45) is 0 Å². The molecule has 0 spiro atoms. The van der Waals surface area contributed by atoms with Crippen LogP contribution in [0, 0.1) is 0 Å². The van der Waals surface area contributed by atoms with Gasteiger partial charge in [0, 0.05) is 25.3 Å². The minimum atomic E-state index is 0.136. The minimum Gasteiger partial charge on any atom is -0.395 e. The normalized spacial score (nSPS) is 10.7. The molecule has 2 N–H and O–H groups in total. The molecule has 1 heterocycles. The molecule has 0 radical (unpaired) electrons. The van der Waals surface area contributed by atoms with Crippen LogP contribution in [0.1, 0.15) is 33.6 Å². The Balaban J connectivity index is 2.93. The maximum Gasteiger partial charge on any atom is 0.224 e. The standard InChI is InChI=1S/C13H24N4O/c1-4-11(5-2)17(9-10-18)12-7-8-15-13(16-12)14-6-3/h7-8,11,18H,4-6,9-10H2,1-3H3,(H,14,15,16). The highest BCUT2D eigenvalue weighted by Crippen LogP contribution is 2.18. The van der Waals surface area contributed by atoms with Crippen molar-refractivity contribution in [2.45, 2.75) is 39.7 Å². The Morgan fingerprint density at radius 2 is 2.06 bits per heavy atom. The molecule has 0 aliphatic rings. The maximum atomic E-state index is 9.21. The molecule has 1 rings (SSSR count). The van der Waals surface area contributed by atoms with Crippen LogP contribution < -0.4 is 10.2 Å². The molecule has 0 saturated heterocycles. The zero-order valence-corrected chi connectivity index (χ0v) is 11.6. The van der Waals surface area contributed by atoms with E-state index in [1.807, 2.05) is 13.0 Å². The minimum absolute atomic E-state index is 0.136. The number of aliphatic hydroxyl groups is 1. The third kappa shape index (κ3) is 3.84. The number of aromatic nitrogens is 2. The van der Waals surface area contributed by atoms with Gasteiger partial charge in [0.1, 0.15) is 5.82 Å². The molecule has 0 aliphatic heterocycles. The highest BCUT2D eigenvalue weighted by atomic mass is 16.3. The molecule has 0 unspecified atom stereocenters. The molecule has 1 aromatic heterocycles. The Morgan fingerprint density at radius 3 is 2.61 bits per heavy atom. The molecule has 0 aromatic carbocycles. The number of nitrogens with one attached hydrogen (secondary N) is 1. The van der Waals surface area contributed by atoms with Crippen LogP contribution in [-0.4, -0.2) is 40.8 Å². The van der Waals surface area contributed by atoms with Gasteiger partial charge in [-0.05, 0) is 25.8 Å². The van der Waals surface area contributed by atoms with Gasteiger partial charge in [0.2, 0.25) is 5.95 Å². The lowest BCUT2D eigenvalue weighted by Gasteiger charge is -2.31. The van der Waals surface area contributed by atoms with E-state index in [2.05, 4.69) is 34.0 Å². The van der Waals surface area contributed by atoms with E-state index in [-0.39, 0.29) is 6.61 Å². The zero-order valence-electron chi connectivity index (χ0n) is 11.6. The van der Waals surface area contributed by atoms with E-state index in [0.29, 0.717) is 18.5 Å². The van der Waals surface area contributed by atoms with Crippen molar-refractivity contribution in [3.63, 3.8) is 0 Å². The second-order valence-electron chi connectivity index (χ2n) is 4.16. The van der Waals surface area contributed by atoms with Gasteiger partial charge in [0.15, 0.2) is 0 Å². The second kappa shape index (κ2) is 7.87. The van der Waals surface area contributed by atoms with Gasteiger partial charge in [-0.2, -0.15) is 4.98 Å². The summed E-state index contributed by atoms with van der Waals surface area (Å²) in [6.45, 7) is 7.87. The van der Waals surface area contributed by atoms with Crippen LogP contribution in [0.2, 0.25) is 0 Å². The van der Waals surface area contributed by atoms with E-state index in [0.717, 1.165) is 25.2 Å². The summed E-state index contributed by atoms with van der Waals surface area (Å²) in [5.74, 6) is 1.52. The van der Waals surface area contributed by atoms with Gasteiger partial charge < -0.3 is 15.3 Å². The summed E-state index contributed by atoms with van der Waals surface area (Å²) in [6, 6.07) is 2.30. The monoisotopic (exact) mass is 252 g/mol. The Morgan fingerprint density at radius 1 is 1.33 bits per heavy atom. The Labute approximate surface area is 109 Å². The highest BCUT2D eigenvalue weighted by Gasteiger charge is 2.16. The number of nitrogens with zero attached hydrogens (tertiary/aromatic N) is 3. The van der Waals surface area contributed by atoms with Gasteiger partial charge in [-0.15, -0.1) is 0 Å². The lowest BCUT2D eigenvalue weighted by Crippen LogP contribution is -2.37. The fourth-order valence-electron chi connectivity index (χ4n) is 2.07. The lowest BCUT2D eigenvalue weighted by atomic mass is 10.1. The predicted molar refractivity (Wildman–Crippen MR) is 75.0 cm³/mol. The number of anilines is 2. The number of rotatable bonds is 8. The zero-order chi connectivity index (χ0) is 13.4. The first kappa shape index (κ1) is 14.7. The molecular formula is C13H24N4O. The highest BCUT2D eigenvalue weighted by molar-refractivity contribution is 5.43. The number of hydrogen-bond donors (Lipinski definition) is 2. The van der Waals surface area contributed by atoms with E-state index < -0.39 is 0 Å². The van der Waals surface area contributed by atoms with Crippen LogP contribution in [-0.2, 0) is 0 Å². The van der Waals surface area contributed by atoms with Crippen molar-refractivity contribution in [3.8, 4) is 0 Å². The maximum absolute atomic E-state index is 9.21. The van der Waals surface area contributed by atoms with E-state index in [9.17, 15) is 5.11 Å². The summed E-state index contributed by atoms with van der Waals surface area (Å²) < 4.78 is 0. The fourth-order valence-corrected chi connectivity index (χ4v) is 2.07. The fraction of sp³-hybridized carbons (Fsp3) is 0.692. The van der Waals surface area contributed by atoms with Gasteiger partial charge in [-0.25, -0.2) is 4.98 Å². The largest absolute Gasteiger partial charge is 0.395 e. The van der Waals surface area contributed by atoms with Gasteiger partial charge in [-0.1, -0.05) is 13.8 Å². The molecule has 102 valence electrons. The third-order valence-corrected chi connectivity index (χ3v) is 2.99. The van der Waals surface area contributed by atoms with Crippen molar-refractivity contribution in [3.05, 3.63) is 12.3 Å². The molecular weight excluding hydrogens is 228 g/mol. The van der Waals surface area contributed by atoms with Crippen LogP contribution in [0.25, 0.3) is 0 Å². The Kier molecular flexibility index (Phi) is 6.43. The smallest absolute Gasteiger partial charge is 0.224 e. The quantitative estimate of drug-likeness (QED) is 0.740. The molecule has 0 aliphatic carbocycles. The first-order valence-electron chi connectivity index (χ1n) is 6.71. The SMILES string of the molecule is CCNc1nccc(N(CCO)C(CC)CC)n1.